The molecule has 32 heavy (non-hydrogen) atoms. The first-order valence-electron chi connectivity index (χ1n) is 11.9. The zero-order valence-electron chi connectivity index (χ0n) is 20.7. The van der Waals surface area contributed by atoms with Crippen molar-refractivity contribution in [2.75, 3.05) is 27.2 Å². The summed E-state index contributed by atoms with van der Waals surface area (Å²) >= 11 is 0. The van der Waals surface area contributed by atoms with Crippen molar-refractivity contribution < 1.29 is 20.1 Å². The molecule has 2 atom stereocenters. The van der Waals surface area contributed by atoms with Crippen molar-refractivity contribution in [2.45, 2.75) is 77.7 Å². The second kappa shape index (κ2) is 11.2. The fraction of sp³-hybridized carbons (Fsp3) is 0.654. The average Bonchev–Trinajstić information content (AvgIpc) is 2.66. The van der Waals surface area contributed by atoms with Gasteiger partial charge in [-0.2, -0.15) is 0 Å². The summed E-state index contributed by atoms with van der Waals surface area (Å²) in [5.74, 6) is -1.05. The van der Waals surface area contributed by atoms with E-state index in [4.69, 9.17) is 0 Å². The SMILES string of the molecule is CCCCCc1cc(O)c(C2C=C(C)CCC2C(C)(C)O)c(O)c1C(=O)NCCN(C)C. The Labute approximate surface area is 193 Å². The van der Waals surface area contributed by atoms with Crippen molar-refractivity contribution in [1.29, 1.82) is 0 Å². The molecule has 2 rings (SSSR count). The Kier molecular flexibility index (Phi) is 9.17. The number of phenolic OH excluding ortho intramolecular Hbond substituents is 2. The molecule has 1 aromatic rings. The summed E-state index contributed by atoms with van der Waals surface area (Å²) in [6.07, 6.45) is 7.17. The highest BCUT2D eigenvalue weighted by molar-refractivity contribution is 5.99. The number of carbonyl (C=O) groups is 1. The van der Waals surface area contributed by atoms with Crippen LogP contribution in [0, 0.1) is 5.92 Å². The predicted octanol–water partition coefficient (Wildman–Crippen LogP) is 4.33. The first kappa shape index (κ1) is 26.2. The van der Waals surface area contributed by atoms with Crippen molar-refractivity contribution in [1.82, 2.24) is 10.2 Å². The van der Waals surface area contributed by atoms with Gasteiger partial charge in [-0.1, -0.05) is 31.4 Å². The van der Waals surface area contributed by atoms with Crippen LogP contribution in [0.5, 0.6) is 11.5 Å². The highest BCUT2D eigenvalue weighted by Gasteiger charge is 2.39. The maximum absolute atomic E-state index is 13.2. The Morgan fingerprint density at radius 2 is 1.94 bits per heavy atom. The van der Waals surface area contributed by atoms with Crippen molar-refractivity contribution in [2.24, 2.45) is 5.92 Å². The monoisotopic (exact) mass is 446 g/mol. The van der Waals surface area contributed by atoms with Crippen LogP contribution >= 0.6 is 0 Å². The normalized spacial score (nSPS) is 19.2. The van der Waals surface area contributed by atoms with E-state index in [0.29, 0.717) is 30.6 Å². The lowest BCUT2D eigenvalue weighted by molar-refractivity contribution is 0.00420. The van der Waals surface area contributed by atoms with Crippen LogP contribution in [-0.2, 0) is 6.42 Å². The molecular weight excluding hydrogens is 404 g/mol. The van der Waals surface area contributed by atoms with E-state index < -0.39 is 5.60 Å². The van der Waals surface area contributed by atoms with Crippen LogP contribution in [0.25, 0.3) is 0 Å². The highest BCUT2D eigenvalue weighted by Crippen LogP contribution is 2.49. The van der Waals surface area contributed by atoms with E-state index in [1.54, 1.807) is 19.9 Å². The van der Waals surface area contributed by atoms with E-state index in [1.165, 1.54) is 0 Å². The summed E-state index contributed by atoms with van der Waals surface area (Å²) in [7, 11) is 3.87. The number of allylic oxidation sites excluding steroid dienone is 2. The molecule has 0 aliphatic heterocycles. The molecule has 180 valence electrons. The minimum atomic E-state index is -0.991. The number of aromatic hydroxyl groups is 2. The van der Waals surface area contributed by atoms with Gasteiger partial charge in [0.25, 0.3) is 5.91 Å². The summed E-state index contributed by atoms with van der Waals surface area (Å²) < 4.78 is 0. The molecule has 1 aromatic carbocycles. The molecule has 0 aromatic heterocycles. The molecule has 0 fully saturated rings. The third-order valence-corrected chi connectivity index (χ3v) is 6.51. The van der Waals surface area contributed by atoms with Gasteiger partial charge in [0.15, 0.2) is 0 Å². The van der Waals surface area contributed by atoms with Crippen molar-refractivity contribution >= 4 is 5.91 Å². The molecule has 0 heterocycles. The van der Waals surface area contributed by atoms with Crippen LogP contribution in [0.2, 0.25) is 0 Å². The van der Waals surface area contributed by atoms with E-state index in [0.717, 1.165) is 37.7 Å². The number of hydrogen-bond acceptors (Lipinski definition) is 5. The number of aliphatic hydroxyl groups is 1. The number of benzene rings is 1. The van der Waals surface area contributed by atoms with Crippen molar-refractivity contribution in [3.8, 4) is 11.5 Å². The van der Waals surface area contributed by atoms with Gasteiger partial charge in [-0.05, 0) is 78.1 Å². The molecule has 1 aliphatic carbocycles. The molecule has 0 spiro atoms. The van der Waals surface area contributed by atoms with E-state index in [-0.39, 0.29) is 34.8 Å². The second-order valence-corrected chi connectivity index (χ2v) is 10.0. The Bertz CT molecular complexity index is 824. The van der Waals surface area contributed by atoms with E-state index in [9.17, 15) is 20.1 Å². The number of aryl methyl sites for hydroxylation is 1. The van der Waals surface area contributed by atoms with Crippen molar-refractivity contribution in [3.05, 3.63) is 34.4 Å². The highest BCUT2D eigenvalue weighted by atomic mass is 16.3. The lowest BCUT2D eigenvalue weighted by Crippen LogP contribution is -2.36. The summed E-state index contributed by atoms with van der Waals surface area (Å²) in [6.45, 7) is 8.82. The van der Waals surface area contributed by atoms with Crippen LogP contribution in [0.15, 0.2) is 17.7 Å². The van der Waals surface area contributed by atoms with E-state index >= 15 is 0 Å². The van der Waals surface area contributed by atoms with Gasteiger partial charge >= 0.3 is 0 Å². The van der Waals surface area contributed by atoms with Gasteiger partial charge in [-0.15, -0.1) is 0 Å². The van der Waals surface area contributed by atoms with Crippen molar-refractivity contribution in [3.63, 3.8) is 0 Å². The molecule has 0 saturated carbocycles. The summed E-state index contributed by atoms with van der Waals surface area (Å²) in [5.41, 5.74) is 1.41. The van der Waals surface area contributed by atoms with E-state index in [1.807, 2.05) is 32.0 Å². The standard InChI is InChI=1S/C26H42N2O4/c1-7-8-9-10-18-16-21(29)23(19-15-17(2)11-12-20(19)26(3,4)32)24(30)22(18)25(31)27-13-14-28(5)6/h15-16,19-20,29-30,32H,7-14H2,1-6H3,(H,27,31). The van der Waals surface area contributed by atoms with Gasteiger partial charge in [-0.25, -0.2) is 0 Å². The van der Waals surface area contributed by atoms with E-state index in [2.05, 4.69) is 12.2 Å². The molecule has 1 aliphatic rings. The smallest absolute Gasteiger partial charge is 0.255 e. The number of nitrogens with zero attached hydrogens (tertiary/aromatic N) is 1. The fourth-order valence-electron chi connectivity index (χ4n) is 4.69. The molecule has 2 unspecified atom stereocenters. The third-order valence-electron chi connectivity index (χ3n) is 6.51. The predicted molar refractivity (Wildman–Crippen MR) is 129 cm³/mol. The largest absolute Gasteiger partial charge is 0.507 e. The lowest BCUT2D eigenvalue weighted by Gasteiger charge is -2.38. The quantitative estimate of drug-likeness (QED) is 0.317. The molecule has 6 nitrogen and oxygen atoms in total. The number of phenols is 2. The maximum atomic E-state index is 13.2. The summed E-state index contributed by atoms with van der Waals surface area (Å²) in [6, 6.07) is 1.64. The van der Waals surface area contributed by atoms with Crippen LogP contribution in [0.3, 0.4) is 0 Å². The Morgan fingerprint density at radius 3 is 2.53 bits per heavy atom. The molecule has 4 N–H and O–H groups in total. The molecule has 6 heteroatoms. The van der Waals surface area contributed by atoms with Gasteiger partial charge < -0.3 is 25.5 Å². The zero-order chi connectivity index (χ0) is 24.1. The van der Waals surface area contributed by atoms with Gasteiger partial charge in [0.2, 0.25) is 0 Å². The third kappa shape index (κ3) is 6.48. The van der Waals surface area contributed by atoms with Gasteiger partial charge in [0, 0.05) is 24.6 Å². The Morgan fingerprint density at radius 1 is 1.25 bits per heavy atom. The zero-order valence-corrected chi connectivity index (χ0v) is 20.7. The van der Waals surface area contributed by atoms with Crippen LogP contribution in [0.1, 0.15) is 87.2 Å². The summed E-state index contributed by atoms with van der Waals surface area (Å²) in [5, 5.41) is 36.1. The minimum Gasteiger partial charge on any atom is -0.507 e. The van der Waals surface area contributed by atoms with Crippen LogP contribution in [0.4, 0.5) is 0 Å². The Hall–Kier alpha value is -2.05. The maximum Gasteiger partial charge on any atom is 0.255 e. The topological polar surface area (TPSA) is 93.0 Å². The van der Waals surface area contributed by atoms with Gasteiger partial charge in [0.1, 0.15) is 11.5 Å². The number of nitrogens with one attached hydrogen (secondary N) is 1. The average molecular weight is 447 g/mol. The van der Waals surface area contributed by atoms with Crippen LogP contribution in [-0.4, -0.2) is 58.9 Å². The number of amides is 1. The second-order valence-electron chi connectivity index (χ2n) is 10.0. The number of rotatable bonds is 10. The molecule has 0 bridgehead atoms. The molecule has 1 amide bonds. The first-order valence-corrected chi connectivity index (χ1v) is 11.9. The molecular formula is C26H42N2O4. The number of hydrogen-bond donors (Lipinski definition) is 4. The number of carbonyl (C=O) groups excluding carboxylic acids is 1. The molecule has 0 radical (unpaired) electrons. The molecule has 0 saturated heterocycles. The number of likely N-dealkylation sites (N-methyl/N-ethyl adjacent to an activating group) is 1. The minimum absolute atomic E-state index is 0.0101. The first-order chi connectivity index (χ1) is 15.0. The number of unbranched alkanes of at least 4 members (excludes halogenated alkanes) is 2. The van der Waals surface area contributed by atoms with Gasteiger partial charge in [0.05, 0.1) is 11.2 Å². The Balaban J connectivity index is 2.56. The lowest BCUT2D eigenvalue weighted by atomic mass is 9.69. The fourth-order valence-corrected chi connectivity index (χ4v) is 4.69. The summed E-state index contributed by atoms with van der Waals surface area (Å²) in [4.78, 5) is 15.1. The van der Waals surface area contributed by atoms with Gasteiger partial charge in [-0.3, -0.25) is 4.79 Å². The van der Waals surface area contributed by atoms with Crippen LogP contribution < -0.4 is 5.32 Å².